The third-order valence-corrected chi connectivity index (χ3v) is 11.5. The number of carbonyl (C=O) groups is 1. The summed E-state index contributed by atoms with van der Waals surface area (Å²) < 4.78 is 83.1. The average Bonchev–Trinajstić information content (AvgIpc) is 3.79. The van der Waals surface area contributed by atoms with Crippen LogP contribution < -0.4 is 5.43 Å². The number of aromatic nitrogens is 2. The first-order valence-corrected chi connectivity index (χ1v) is 18.5. The highest BCUT2D eigenvalue weighted by molar-refractivity contribution is 7.88. The standard InChI is InChI=1S/C33H29Cl2F4N5O3S2/c34-23-9-12-28(27(35)18-23)44-31(29-13-11-25(48-29)10-6-21-4-7-22(8-5-21)33(37,38)39)26(20-49(46,47)43-17-14-24(36)19-43)30(40-44)32(45)41-42-15-2-1-3-16-42/h4-5,7-9,11-13,18,24H,1-3,14-17,19-20H2,(H,41,45). The first-order chi connectivity index (χ1) is 23.3. The number of sulfonamides is 1. The Balaban J connectivity index is 1.46. The Morgan fingerprint density at radius 1 is 1.00 bits per heavy atom. The number of piperidine rings is 1. The maximum absolute atomic E-state index is 14.1. The molecule has 0 saturated carbocycles. The summed E-state index contributed by atoms with van der Waals surface area (Å²) in [6.45, 7) is 0.960. The van der Waals surface area contributed by atoms with Crippen LogP contribution in [0.4, 0.5) is 17.6 Å². The monoisotopic (exact) mass is 753 g/mol. The van der Waals surface area contributed by atoms with E-state index < -0.39 is 39.6 Å². The van der Waals surface area contributed by atoms with E-state index in [2.05, 4.69) is 22.4 Å². The van der Waals surface area contributed by atoms with E-state index in [4.69, 9.17) is 23.2 Å². The lowest BCUT2D eigenvalue weighted by atomic mass is 10.1. The quantitative estimate of drug-likeness (QED) is 0.158. The molecule has 1 amide bonds. The molecule has 1 unspecified atom stereocenters. The zero-order chi connectivity index (χ0) is 34.9. The Hall–Kier alpha value is -3.45. The lowest BCUT2D eigenvalue weighted by molar-refractivity contribution is -0.137. The highest BCUT2D eigenvalue weighted by Crippen LogP contribution is 2.38. The van der Waals surface area contributed by atoms with Gasteiger partial charge in [0.1, 0.15) is 6.17 Å². The molecule has 4 aromatic rings. The van der Waals surface area contributed by atoms with Crippen molar-refractivity contribution in [2.45, 2.75) is 43.8 Å². The predicted octanol–water partition coefficient (Wildman–Crippen LogP) is 7.33. The summed E-state index contributed by atoms with van der Waals surface area (Å²) in [5.41, 5.74) is 2.98. The highest BCUT2D eigenvalue weighted by atomic mass is 35.5. The number of nitrogens with one attached hydrogen (secondary N) is 1. The number of hydrazine groups is 1. The van der Waals surface area contributed by atoms with Crippen molar-refractivity contribution in [1.82, 2.24) is 24.5 Å². The van der Waals surface area contributed by atoms with Gasteiger partial charge >= 0.3 is 6.18 Å². The average molecular weight is 755 g/mol. The lowest BCUT2D eigenvalue weighted by Crippen LogP contribution is -2.45. The van der Waals surface area contributed by atoms with Crippen LogP contribution in [0.2, 0.25) is 10.0 Å². The number of hydrogen-bond acceptors (Lipinski definition) is 6. The van der Waals surface area contributed by atoms with Gasteiger partial charge in [-0.15, -0.1) is 11.3 Å². The first kappa shape index (κ1) is 35.4. The summed E-state index contributed by atoms with van der Waals surface area (Å²) in [4.78, 5) is 14.9. The maximum atomic E-state index is 14.1. The fourth-order valence-corrected chi connectivity index (χ4v) is 8.67. The molecule has 0 aliphatic carbocycles. The Labute approximate surface area is 294 Å². The van der Waals surface area contributed by atoms with Gasteiger partial charge < -0.3 is 0 Å². The van der Waals surface area contributed by atoms with Crippen LogP contribution in [-0.2, 0) is 22.0 Å². The highest BCUT2D eigenvalue weighted by Gasteiger charge is 2.36. The van der Waals surface area contributed by atoms with Crippen molar-refractivity contribution in [3.63, 3.8) is 0 Å². The summed E-state index contributed by atoms with van der Waals surface area (Å²) in [5.74, 6) is 4.55. The molecule has 6 rings (SSSR count). The molecule has 2 aromatic carbocycles. The predicted molar refractivity (Wildman–Crippen MR) is 181 cm³/mol. The minimum absolute atomic E-state index is 0.00792. The Kier molecular flexibility index (Phi) is 10.4. The van der Waals surface area contributed by atoms with Crippen LogP contribution in [0, 0.1) is 11.8 Å². The number of alkyl halides is 4. The number of hydrogen-bond donors (Lipinski definition) is 1. The van der Waals surface area contributed by atoms with E-state index in [-0.39, 0.29) is 41.5 Å². The normalized spacial score (nSPS) is 17.6. The molecule has 49 heavy (non-hydrogen) atoms. The molecule has 2 aromatic heterocycles. The van der Waals surface area contributed by atoms with E-state index in [1.165, 1.54) is 34.2 Å². The van der Waals surface area contributed by atoms with E-state index >= 15 is 0 Å². The SMILES string of the molecule is O=C(NN1CCCCC1)c1nn(-c2ccc(Cl)cc2Cl)c(-c2ccc(C#Cc3ccc(C(F)(F)F)cc3)s2)c1CS(=O)(=O)N1CCC(F)C1. The summed E-state index contributed by atoms with van der Waals surface area (Å²) in [7, 11) is -4.12. The van der Waals surface area contributed by atoms with E-state index in [9.17, 15) is 30.8 Å². The molecule has 16 heteroatoms. The number of amides is 1. The van der Waals surface area contributed by atoms with Crippen LogP contribution in [0.3, 0.4) is 0 Å². The zero-order valence-electron chi connectivity index (χ0n) is 25.7. The molecule has 0 bridgehead atoms. The summed E-state index contributed by atoms with van der Waals surface area (Å²) in [5, 5.41) is 6.95. The number of thiophene rings is 1. The second-order valence-corrected chi connectivity index (χ2v) is 15.6. The molecule has 2 aliphatic rings. The maximum Gasteiger partial charge on any atom is 0.416 e. The van der Waals surface area contributed by atoms with Crippen LogP contribution >= 0.6 is 34.5 Å². The molecule has 4 heterocycles. The van der Waals surface area contributed by atoms with Crippen molar-refractivity contribution in [1.29, 1.82) is 0 Å². The number of rotatable bonds is 7. The molecule has 2 fully saturated rings. The van der Waals surface area contributed by atoms with Gasteiger partial charge in [0.25, 0.3) is 5.91 Å². The number of nitrogens with zero attached hydrogens (tertiary/aromatic N) is 4. The van der Waals surface area contributed by atoms with Gasteiger partial charge in [0.05, 0.1) is 37.5 Å². The summed E-state index contributed by atoms with van der Waals surface area (Å²) >= 11 is 14.0. The van der Waals surface area contributed by atoms with Crippen LogP contribution in [0.1, 0.15) is 57.7 Å². The molecule has 0 radical (unpaired) electrons. The Morgan fingerprint density at radius 2 is 1.73 bits per heavy atom. The first-order valence-electron chi connectivity index (χ1n) is 15.3. The fraction of sp³-hybridized carbons (Fsp3) is 0.333. The Bertz CT molecular complexity index is 2030. The van der Waals surface area contributed by atoms with Gasteiger partial charge in [-0.1, -0.05) is 41.5 Å². The Morgan fingerprint density at radius 3 is 2.39 bits per heavy atom. The van der Waals surface area contributed by atoms with E-state index in [0.29, 0.717) is 39.1 Å². The van der Waals surface area contributed by atoms with Crippen molar-refractivity contribution in [3.05, 3.63) is 91.9 Å². The van der Waals surface area contributed by atoms with Gasteiger partial charge in [0, 0.05) is 42.3 Å². The van der Waals surface area contributed by atoms with Crippen LogP contribution in [0.25, 0.3) is 16.3 Å². The van der Waals surface area contributed by atoms with Gasteiger partial charge in [-0.3, -0.25) is 10.2 Å². The molecule has 8 nitrogen and oxygen atoms in total. The largest absolute Gasteiger partial charge is 0.416 e. The van der Waals surface area contributed by atoms with Gasteiger partial charge in [0.15, 0.2) is 5.69 Å². The molecule has 0 spiro atoms. The molecular formula is C33H29Cl2F4N5O3S2. The van der Waals surface area contributed by atoms with Crippen molar-refractivity contribution in [3.8, 4) is 28.1 Å². The van der Waals surface area contributed by atoms with Crippen molar-refractivity contribution < 1.29 is 30.8 Å². The third kappa shape index (κ3) is 8.14. The van der Waals surface area contributed by atoms with E-state index in [1.54, 1.807) is 29.3 Å². The lowest BCUT2D eigenvalue weighted by Gasteiger charge is -2.26. The van der Waals surface area contributed by atoms with Gasteiger partial charge in [-0.2, -0.15) is 22.6 Å². The second-order valence-electron chi connectivity index (χ2n) is 11.7. The van der Waals surface area contributed by atoms with Gasteiger partial charge in [0.2, 0.25) is 10.0 Å². The number of carbonyl (C=O) groups excluding carboxylic acids is 1. The van der Waals surface area contributed by atoms with Crippen LogP contribution in [-0.4, -0.2) is 65.8 Å². The number of halogens is 6. The third-order valence-electron chi connectivity index (χ3n) is 8.15. The second kappa shape index (κ2) is 14.4. The van der Waals surface area contributed by atoms with Crippen molar-refractivity contribution in [2.75, 3.05) is 26.2 Å². The van der Waals surface area contributed by atoms with Crippen LogP contribution in [0.15, 0.2) is 54.6 Å². The summed E-state index contributed by atoms with van der Waals surface area (Å²) in [6.07, 6.45) is -2.91. The van der Waals surface area contributed by atoms with Gasteiger partial charge in [-0.05, 0) is 73.9 Å². The zero-order valence-corrected chi connectivity index (χ0v) is 28.9. The van der Waals surface area contributed by atoms with E-state index in [1.807, 2.05) is 0 Å². The van der Waals surface area contributed by atoms with Crippen molar-refractivity contribution in [2.24, 2.45) is 0 Å². The van der Waals surface area contributed by atoms with Crippen molar-refractivity contribution >= 4 is 50.5 Å². The minimum atomic E-state index is -4.47. The number of benzene rings is 2. The molecular weight excluding hydrogens is 725 g/mol. The van der Waals surface area contributed by atoms with Crippen LogP contribution in [0.5, 0.6) is 0 Å². The van der Waals surface area contributed by atoms with Gasteiger partial charge in [-0.25, -0.2) is 22.5 Å². The van der Waals surface area contributed by atoms with E-state index in [0.717, 1.165) is 35.7 Å². The smallest absolute Gasteiger partial charge is 0.283 e. The molecule has 1 N–H and O–H groups in total. The fourth-order valence-electron chi connectivity index (χ4n) is 5.67. The molecule has 2 saturated heterocycles. The molecule has 258 valence electrons. The molecule has 2 aliphatic heterocycles. The minimum Gasteiger partial charge on any atom is -0.283 e. The topological polar surface area (TPSA) is 87.5 Å². The summed E-state index contributed by atoms with van der Waals surface area (Å²) in [6, 6.07) is 12.5. The molecule has 1 atom stereocenters.